The van der Waals surface area contributed by atoms with Gasteiger partial charge >= 0.3 is 0 Å². The van der Waals surface area contributed by atoms with Crippen molar-refractivity contribution in [3.05, 3.63) is 48.6 Å². The Balaban J connectivity index is 1.48. The molecule has 19 nitrogen and oxygen atoms in total. The van der Waals surface area contributed by atoms with Crippen LogP contribution in [0.4, 0.5) is 0 Å². The van der Waals surface area contributed by atoms with E-state index in [0.29, 0.717) is 6.42 Å². The zero-order valence-corrected chi connectivity index (χ0v) is 49.3. The lowest BCUT2D eigenvalue weighted by atomic mass is 9.96. The topological polar surface area (TPSA) is 307 Å². The van der Waals surface area contributed by atoms with Crippen molar-refractivity contribution in [2.24, 2.45) is 0 Å². The fraction of sp³-hybridized carbons (Fsp3) is 0.855. The van der Waals surface area contributed by atoms with E-state index in [1.807, 2.05) is 6.08 Å². The molecule has 0 bridgehead atoms. The third-order valence-corrected chi connectivity index (χ3v) is 15.6. The van der Waals surface area contributed by atoms with Gasteiger partial charge in [-0.2, -0.15) is 0 Å². The molecule has 472 valence electrons. The van der Waals surface area contributed by atoms with Crippen molar-refractivity contribution >= 4 is 5.91 Å². The molecule has 17 unspecified atom stereocenters. The van der Waals surface area contributed by atoms with Gasteiger partial charge in [0.2, 0.25) is 5.91 Å². The Morgan fingerprint density at radius 3 is 1.33 bits per heavy atom. The highest BCUT2D eigenvalue weighted by Gasteiger charge is 2.53. The molecule has 3 fully saturated rings. The van der Waals surface area contributed by atoms with E-state index >= 15 is 0 Å². The first-order chi connectivity index (χ1) is 39.3. The van der Waals surface area contributed by atoms with Crippen molar-refractivity contribution in [2.75, 3.05) is 26.4 Å². The highest BCUT2D eigenvalue weighted by molar-refractivity contribution is 5.76. The Bertz CT molecular complexity index is 1670. The molecule has 0 spiro atoms. The van der Waals surface area contributed by atoms with Gasteiger partial charge in [0.25, 0.3) is 0 Å². The predicted octanol–water partition coefficient (Wildman–Crippen LogP) is 6.26. The van der Waals surface area contributed by atoms with Gasteiger partial charge in [-0.05, 0) is 51.4 Å². The Kier molecular flexibility index (Phi) is 40.7. The van der Waals surface area contributed by atoms with E-state index in [1.165, 1.54) is 116 Å². The maximum absolute atomic E-state index is 13.3. The summed E-state index contributed by atoms with van der Waals surface area (Å²) in [7, 11) is 0. The van der Waals surface area contributed by atoms with Gasteiger partial charge in [-0.1, -0.05) is 197 Å². The van der Waals surface area contributed by atoms with Gasteiger partial charge in [-0.25, -0.2) is 0 Å². The van der Waals surface area contributed by atoms with Crippen molar-refractivity contribution in [1.29, 1.82) is 0 Å². The molecule has 0 aromatic heterocycles. The van der Waals surface area contributed by atoms with Crippen LogP contribution in [-0.4, -0.2) is 193 Å². The summed E-state index contributed by atoms with van der Waals surface area (Å²) in [5.74, 6) is -0.305. The number of nitrogens with one attached hydrogen (secondary N) is 1. The van der Waals surface area contributed by atoms with Crippen molar-refractivity contribution < 1.29 is 89.4 Å². The maximum Gasteiger partial charge on any atom is 0.220 e. The van der Waals surface area contributed by atoms with Crippen molar-refractivity contribution in [3.8, 4) is 0 Å². The molecule has 3 aliphatic rings. The van der Waals surface area contributed by atoms with Crippen LogP contribution >= 0.6 is 0 Å². The van der Waals surface area contributed by atoms with E-state index in [9.17, 15) is 61.0 Å². The molecule has 3 saturated heterocycles. The van der Waals surface area contributed by atoms with Crippen LogP contribution in [0, 0.1) is 0 Å². The number of rotatable bonds is 46. The van der Waals surface area contributed by atoms with Gasteiger partial charge < -0.3 is 89.9 Å². The Labute approximate surface area is 484 Å². The summed E-state index contributed by atoms with van der Waals surface area (Å²) >= 11 is 0. The molecule has 0 radical (unpaired) electrons. The second-order valence-electron chi connectivity index (χ2n) is 22.5. The largest absolute Gasteiger partial charge is 0.394 e. The number of carbonyl (C=O) groups is 1. The van der Waals surface area contributed by atoms with Crippen molar-refractivity contribution in [1.82, 2.24) is 5.32 Å². The zero-order chi connectivity index (χ0) is 59.0. The Morgan fingerprint density at radius 1 is 0.457 bits per heavy atom. The summed E-state index contributed by atoms with van der Waals surface area (Å²) in [5.41, 5.74) is 0. The molecular weight excluding hydrogens is 1050 g/mol. The van der Waals surface area contributed by atoms with E-state index in [4.69, 9.17) is 28.4 Å². The molecule has 0 saturated carbocycles. The quantitative estimate of drug-likeness (QED) is 0.0236. The van der Waals surface area contributed by atoms with Gasteiger partial charge in [0, 0.05) is 6.42 Å². The fourth-order valence-electron chi connectivity index (χ4n) is 10.5. The van der Waals surface area contributed by atoms with E-state index < -0.39 is 124 Å². The molecule has 81 heavy (non-hydrogen) atoms. The minimum absolute atomic E-state index is 0.207. The highest BCUT2D eigenvalue weighted by Crippen LogP contribution is 2.33. The number of ether oxygens (including phenoxy) is 6. The van der Waals surface area contributed by atoms with E-state index in [-0.39, 0.29) is 18.9 Å². The van der Waals surface area contributed by atoms with E-state index in [2.05, 4.69) is 55.6 Å². The molecule has 1 amide bonds. The molecule has 0 aromatic rings. The lowest BCUT2D eigenvalue weighted by molar-refractivity contribution is -0.379. The summed E-state index contributed by atoms with van der Waals surface area (Å²) in [4.78, 5) is 13.3. The average Bonchev–Trinajstić information content (AvgIpc) is 3.51. The van der Waals surface area contributed by atoms with Gasteiger partial charge in [-0.3, -0.25) is 4.79 Å². The summed E-state index contributed by atoms with van der Waals surface area (Å²) in [6, 6.07) is -0.989. The van der Waals surface area contributed by atoms with Crippen LogP contribution in [0.25, 0.3) is 0 Å². The highest BCUT2D eigenvalue weighted by atomic mass is 16.8. The summed E-state index contributed by atoms with van der Waals surface area (Å²) < 4.78 is 34.2. The lowest BCUT2D eigenvalue weighted by Crippen LogP contribution is -2.66. The van der Waals surface area contributed by atoms with Crippen LogP contribution in [0.1, 0.15) is 206 Å². The number of aliphatic hydroxyl groups excluding tert-OH is 11. The standard InChI is InChI=1S/C62H111NO18/c1-3-5-7-9-11-13-15-17-18-19-20-21-22-23-24-25-26-28-29-31-33-35-37-39-46(67)45(63-50(68)40-38-36-34-32-30-27-16-14-12-10-8-6-4-2)44-76-60-56(74)53(71)58(48(42-65)78-60)81-62-57(75)54(72)59(49(43-66)79-62)80-61-55(73)52(70)51(69)47(41-64)77-61/h6,8,12,14,27,30,37,39,45-49,51-62,64-67,69-75H,3-5,7,9-11,13,15-26,28-29,31-36,38,40-44H2,1-2H3,(H,63,68)/b8-6-,14-12-,30-27-,39-37+. The van der Waals surface area contributed by atoms with Crippen LogP contribution in [0.5, 0.6) is 0 Å². The first-order valence-electron chi connectivity index (χ1n) is 31.4. The van der Waals surface area contributed by atoms with Crippen molar-refractivity contribution in [2.45, 2.75) is 311 Å². The second-order valence-corrected chi connectivity index (χ2v) is 22.5. The maximum atomic E-state index is 13.3. The first-order valence-corrected chi connectivity index (χ1v) is 31.4. The molecule has 19 heteroatoms. The van der Waals surface area contributed by atoms with Gasteiger partial charge in [0.05, 0.1) is 38.6 Å². The number of allylic oxidation sites excluding steroid dienone is 7. The second kappa shape index (κ2) is 45.1. The number of carbonyl (C=O) groups excluding carboxylic acids is 1. The van der Waals surface area contributed by atoms with Crippen molar-refractivity contribution in [3.63, 3.8) is 0 Å². The molecule has 17 atom stereocenters. The van der Waals surface area contributed by atoms with Crippen LogP contribution < -0.4 is 5.32 Å². The van der Waals surface area contributed by atoms with Gasteiger partial charge in [-0.15, -0.1) is 0 Å². The lowest BCUT2D eigenvalue weighted by Gasteiger charge is -2.48. The molecule has 3 rings (SSSR count). The molecule has 3 aliphatic heterocycles. The molecular formula is C62H111NO18. The third-order valence-electron chi connectivity index (χ3n) is 15.6. The SMILES string of the molecule is CC/C=C\C/C=C\C/C=C\CCCCCC(=O)NC(COC1OC(CO)C(OC2OC(CO)C(OC3OC(CO)C(O)C(O)C3O)C(O)C2O)C(O)C1O)C(O)/C=C/CCCCCCCCCCCCCCCCCCCCCCC. The van der Waals surface area contributed by atoms with Gasteiger partial charge in [0.15, 0.2) is 18.9 Å². The smallest absolute Gasteiger partial charge is 0.220 e. The number of hydrogen-bond acceptors (Lipinski definition) is 18. The number of unbranched alkanes of at least 4 members (excludes halogenated alkanes) is 24. The van der Waals surface area contributed by atoms with Crippen LogP contribution in [0.15, 0.2) is 48.6 Å². The number of aliphatic hydroxyl groups is 11. The predicted molar refractivity (Wildman–Crippen MR) is 309 cm³/mol. The Morgan fingerprint density at radius 2 is 0.852 bits per heavy atom. The number of amides is 1. The van der Waals surface area contributed by atoms with Crippen LogP contribution in [0.3, 0.4) is 0 Å². The minimum Gasteiger partial charge on any atom is -0.394 e. The molecule has 12 N–H and O–H groups in total. The normalized spacial score (nSPS) is 30.1. The summed E-state index contributed by atoms with van der Waals surface area (Å²) in [5, 5.41) is 120. The van der Waals surface area contributed by atoms with Gasteiger partial charge in [0.1, 0.15) is 73.2 Å². The first kappa shape index (κ1) is 73.0. The van der Waals surface area contributed by atoms with Crippen LogP contribution in [-0.2, 0) is 33.2 Å². The average molecular weight is 1160 g/mol. The molecule has 0 aromatic carbocycles. The third kappa shape index (κ3) is 28.7. The summed E-state index contributed by atoms with van der Waals surface area (Å²) in [6.07, 6.45) is 23.9. The van der Waals surface area contributed by atoms with E-state index in [1.54, 1.807) is 6.08 Å². The fourth-order valence-corrected chi connectivity index (χ4v) is 10.5. The zero-order valence-electron chi connectivity index (χ0n) is 49.3. The Hall–Kier alpha value is -2.25. The molecule has 3 heterocycles. The number of hydrogen-bond donors (Lipinski definition) is 12. The van der Waals surface area contributed by atoms with Crippen LogP contribution in [0.2, 0.25) is 0 Å². The molecule has 0 aliphatic carbocycles. The monoisotopic (exact) mass is 1160 g/mol. The van der Waals surface area contributed by atoms with E-state index in [0.717, 1.165) is 64.2 Å². The summed E-state index contributed by atoms with van der Waals surface area (Å²) in [6.45, 7) is 1.58. The minimum atomic E-state index is -1.98.